The van der Waals surface area contributed by atoms with Crippen molar-refractivity contribution in [2.24, 2.45) is 0 Å². The molecule has 72 valence electrons. The van der Waals surface area contributed by atoms with Gasteiger partial charge in [-0.3, -0.25) is 4.57 Å². The van der Waals surface area contributed by atoms with Crippen LogP contribution in [0.15, 0.2) is 4.79 Å². The van der Waals surface area contributed by atoms with Crippen molar-refractivity contribution in [3.63, 3.8) is 0 Å². The first-order valence-corrected chi connectivity index (χ1v) is 5.82. The van der Waals surface area contributed by atoms with E-state index in [9.17, 15) is 4.79 Å². The average Bonchev–Trinajstić information content (AvgIpc) is 2.46. The van der Waals surface area contributed by atoms with Crippen molar-refractivity contribution in [1.82, 2.24) is 14.3 Å². The topological polar surface area (TPSA) is 39.8 Å². The van der Waals surface area contributed by atoms with Crippen LogP contribution in [0.3, 0.4) is 0 Å². The molecule has 1 aromatic heterocycles. The van der Waals surface area contributed by atoms with Crippen molar-refractivity contribution in [2.75, 3.05) is 11.6 Å². The molecule has 0 saturated heterocycles. The van der Waals surface area contributed by atoms with E-state index in [1.165, 1.54) is 4.68 Å². The summed E-state index contributed by atoms with van der Waals surface area (Å²) in [5.41, 5.74) is -0.0176. The zero-order valence-corrected chi connectivity index (χ0v) is 8.64. The third-order valence-electron chi connectivity index (χ3n) is 1.99. The van der Waals surface area contributed by atoms with E-state index < -0.39 is 0 Å². The lowest BCUT2D eigenvalue weighted by atomic mass is 10.6. The third kappa shape index (κ3) is 1.62. The second kappa shape index (κ2) is 3.75. The highest BCUT2D eigenvalue weighted by Gasteiger charge is 2.15. The summed E-state index contributed by atoms with van der Waals surface area (Å²) in [5.74, 6) is 3.15. The van der Waals surface area contributed by atoms with E-state index in [2.05, 4.69) is 5.10 Å². The molecule has 0 fully saturated rings. The maximum atomic E-state index is 11.6. The molecule has 0 atom stereocenters. The van der Waals surface area contributed by atoms with Gasteiger partial charge in [-0.05, 0) is 0 Å². The van der Waals surface area contributed by atoms with Crippen molar-refractivity contribution >= 4 is 23.4 Å². The maximum absolute atomic E-state index is 11.6. The van der Waals surface area contributed by atoms with E-state index in [-0.39, 0.29) is 5.69 Å². The van der Waals surface area contributed by atoms with Gasteiger partial charge in [0.25, 0.3) is 0 Å². The van der Waals surface area contributed by atoms with Crippen molar-refractivity contribution < 1.29 is 0 Å². The Labute approximate surface area is 84.9 Å². The summed E-state index contributed by atoms with van der Waals surface area (Å²) < 4.78 is 3.19. The Bertz CT molecular complexity index is 359. The monoisotopic (exact) mass is 219 g/mol. The number of aryl methyl sites for hydroxylation is 1. The van der Waals surface area contributed by atoms with Crippen LogP contribution in [-0.2, 0) is 18.8 Å². The zero-order valence-electron chi connectivity index (χ0n) is 7.07. The van der Waals surface area contributed by atoms with Gasteiger partial charge >= 0.3 is 5.69 Å². The van der Waals surface area contributed by atoms with Gasteiger partial charge in [-0.15, -0.1) is 11.6 Å². The minimum atomic E-state index is -0.0176. The standard InChI is InChI=1S/C7H10ClN3OS/c8-1-2-11-7(12)10-3-4-13-5-6(10)9-11/h1-5H2. The number of alkyl halides is 1. The molecule has 0 N–H and O–H groups in total. The van der Waals surface area contributed by atoms with Gasteiger partial charge in [0.05, 0.1) is 12.3 Å². The number of nitrogens with zero attached hydrogens (tertiary/aromatic N) is 3. The number of halogens is 1. The van der Waals surface area contributed by atoms with Crippen LogP contribution in [0.25, 0.3) is 0 Å². The first-order chi connectivity index (χ1) is 6.33. The van der Waals surface area contributed by atoms with Crippen LogP contribution in [0.5, 0.6) is 0 Å². The minimum Gasteiger partial charge on any atom is -0.277 e. The average molecular weight is 220 g/mol. The van der Waals surface area contributed by atoms with Crippen LogP contribution in [0.2, 0.25) is 0 Å². The maximum Gasteiger partial charge on any atom is 0.346 e. The van der Waals surface area contributed by atoms with Gasteiger partial charge in [0.1, 0.15) is 5.82 Å². The second-order valence-electron chi connectivity index (χ2n) is 2.82. The Morgan fingerprint density at radius 1 is 1.62 bits per heavy atom. The molecule has 2 heterocycles. The number of hydrogen-bond acceptors (Lipinski definition) is 3. The van der Waals surface area contributed by atoms with Crippen molar-refractivity contribution in [2.45, 2.75) is 18.8 Å². The number of aromatic nitrogens is 3. The van der Waals surface area contributed by atoms with Crippen molar-refractivity contribution in [3.8, 4) is 0 Å². The Hall–Kier alpha value is -0.420. The summed E-state index contributed by atoms with van der Waals surface area (Å²) in [6, 6.07) is 0. The first-order valence-electron chi connectivity index (χ1n) is 4.13. The number of rotatable bonds is 2. The molecule has 1 aromatic rings. The van der Waals surface area contributed by atoms with Crippen LogP contribution in [0.1, 0.15) is 5.82 Å². The van der Waals surface area contributed by atoms with Crippen molar-refractivity contribution in [3.05, 3.63) is 16.3 Å². The fourth-order valence-corrected chi connectivity index (χ4v) is 2.37. The van der Waals surface area contributed by atoms with Gasteiger partial charge in [-0.25, -0.2) is 9.48 Å². The predicted octanol–water partition coefficient (Wildman–Crippen LogP) is 0.530. The third-order valence-corrected chi connectivity index (χ3v) is 3.09. The normalized spacial score (nSPS) is 15.8. The summed E-state index contributed by atoms with van der Waals surface area (Å²) in [4.78, 5) is 11.6. The molecule has 0 unspecified atom stereocenters. The molecule has 0 spiro atoms. The largest absolute Gasteiger partial charge is 0.346 e. The van der Waals surface area contributed by atoms with Gasteiger partial charge < -0.3 is 0 Å². The number of thioether (sulfide) groups is 1. The van der Waals surface area contributed by atoms with Gasteiger partial charge in [-0.2, -0.15) is 16.9 Å². The molecule has 0 bridgehead atoms. The smallest absolute Gasteiger partial charge is 0.277 e. The molecule has 6 heteroatoms. The van der Waals surface area contributed by atoms with Crippen LogP contribution >= 0.6 is 23.4 Å². The van der Waals surface area contributed by atoms with E-state index >= 15 is 0 Å². The van der Waals surface area contributed by atoms with Crippen LogP contribution < -0.4 is 5.69 Å². The highest BCUT2D eigenvalue weighted by molar-refractivity contribution is 7.98. The summed E-state index contributed by atoms with van der Waals surface area (Å²) in [7, 11) is 0. The quantitative estimate of drug-likeness (QED) is 0.682. The van der Waals surface area contributed by atoms with E-state index in [0.29, 0.717) is 12.4 Å². The second-order valence-corrected chi connectivity index (χ2v) is 4.30. The molecule has 2 rings (SSSR count). The first kappa shape index (κ1) is 9.15. The molecule has 1 aliphatic rings. The van der Waals surface area contributed by atoms with E-state index in [1.54, 1.807) is 4.57 Å². The Morgan fingerprint density at radius 3 is 3.15 bits per heavy atom. The molecular formula is C7H10ClN3OS. The van der Waals surface area contributed by atoms with E-state index in [1.807, 2.05) is 11.8 Å². The highest BCUT2D eigenvalue weighted by Crippen LogP contribution is 2.14. The lowest BCUT2D eigenvalue weighted by Gasteiger charge is -2.09. The molecular weight excluding hydrogens is 210 g/mol. The number of hydrogen-bond donors (Lipinski definition) is 0. The van der Waals surface area contributed by atoms with E-state index in [0.717, 1.165) is 23.9 Å². The summed E-state index contributed by atoms with van der Waals surface area (Å²) in [6.07, 6.45) is 0. The lowest BCUT2D eigenvalue weighted by Crippen LogP contribution is -2.27. The molecule has 0 amide bonds. The fraction of sp³-hybridized carbons (Fsp3) is 0.714. The molecule has 0 aliphatic carbocycles. The van der Waals surface area contributed by atoms with Gasteiger partial charge in [0.15, 0.2) is 0 Å². The molecule has 4 nitrogen and oxygen atoms in total. The lowest BCUT2D eigenvalue weighted by molar-refractivity contribution is 0.616. The molecule has 0 radical (unpaired) electrons. The van der Waals surface area contributed by atoms with Gasteiger partial charge in [0.2, 0.25) is 0 Å². The Balaban J connectivity index is 2.39. The summed E-state index contributed by atoms with van der Waals surface area (Å²) in [6.45, 7) is 1.28. The Kier molecular flexibility index (Phi) is 2.64. The van der Waals surface area contributed by atoms with Crippen molar-refractivity contribution in [1.29, 1.82) is 0 Å². The van der Waals surface area contributed by atoms with E-state index in [4.69, 9.17) is 11.6 Å². The predicted molar refractivity (Wildman–Crippen MR) is 53.4 cm³/mol. The molecule has 0 saturated carbocycles. The van der Waals surface area contributed by atoms with Gasteiger partial charge in [-0.1, -0.05) is 0 Å². The molecule has 13 heavy (non-hydrogen) atoms. The summed E-state index contributed by atoms with van der Waals surface area (Å²) >= 11 is 7.37. The number of fused-ring (bicyclic) bond motifs is 1. The summed E-state index contributed by atoms with van der Waals surface area (Å²) in [5, 5.41) is 4.20. The van der Waals surface area contributed by atoms with Crippen LogP contribution in [0.4, 0.5) is 0 Å². The molecule has 0 aromatic carbocycles. The van der Waals surface area contributed by atoms with Crippen LogP contribution in [0, 0.1) is 0 Å². The SMILES string of the molecule is O=c1n(CCCl)nc2n1CCSC2. The fourth-order valence-electron chi connectivity index (χ4n) is 1.36. The van der Waals surface area contributed by atoms with Crippen LogP contribution in [-0.4, -0.2) is 26.0 Å². The van der Waals surface area contributed by atoms with Gasteiger partial charge in [0, 0.05) is 18.2 Å². The zero-order chi connectivity index (χ0) is 9.26. The minimum absolute atomic E-state index is 0.0176. The highest BCUT2D eigenvalue weighted by atomic mass is 35.5. The molecule has 1 aliphatic heterocycles. The Morgan fingerprint density at radius 2 is 2.46 bits per heavy atom.